The number of hydrogen-bond donors (Lipinski definition) is 0. The van der Waals surface area contributed by atoms with Gasteiger partial charge < -0.3 is 14.1 Å². The first-order valence-corrected chi connectivity index (χ1v) is 9.66. The van der Waals surface area contributed by atoms with Gasteiger partial charge in [-0.25, -0.2) is 4.98 Å². The van der Waals surface area contributed by atoms with Crippen LogP contribution in [0.1, 0.15) is 24.3 Å². The Morgan fingerprint density at radius 3 is 2.15 bits per heavy atom. The molecule has 0 atom stereocenters. The van der Waals surface area contributed by atoms with E-state index in [0.717, 1.165) is 41.3 Å². The number of methoxy groups -OCH3 is 1. The van der Waals surface area contributed by atoms with Crippen LogP contribution >= 0.6 is 0 Å². The number of ether oxygens (including phenoxy) is 1. The van der Waals surface area contributed by atoms with Crippen LogP contribution in [0.4, 0.5) is 0 Å². The lowest BCUT2D eigenvalue weighted by molar-refractivity contribution is 0.341. The largest absolute Gasteiger partial charge is 0.497 e. The van der Waals surface area contributed by atoms with Crippen molar-refractivity contribution in [3.8, 4) is 28.3 Å². The molecule has 0 N–H and O–H groups in total. The second kappa shape index (κ2) is 7.97. The van der Waals surface area contributed by atoms with E-state index in [1.54, 1.807) is 7.11 Å². The summed E-state index contributed by atoms with van der Waals surface area (Å²) in [6, 6.07) is 16.5. The summed E-state index contributed by atoms with van der Waals surface area (Å²) >= 11 is 0. The highest BCUT2D eigenvalue weighted by molar-refractivity contribution is 5.67. The van der Waals surface area contributed by atoms with Gasteiger partial charge in [-0.05, 0) is 68.2 Å². The van der Waals surface area contributed by atoms with Crippen molar-refractivity contribution in [2.45, 2.75) is 26.2 Å². The summed E-state index contributed by atoms with van der Waals surface area (Å²) in [7, 11) is 1.68. The molecule has 27 heavy (non-hydrogen) atoms. The first-order chi connectivity index (χ1) is 13.2. The van der Waals surface area contributed by atoms with Gasteiger partial charge in [0, 0.05) is 18.5 Å². The van der Waals surface area contributed by atoms with Crippen molar-refractivity contribution in [1.82, 2.24) is 9.88 Å². The maximum Gasteiger partial charge on any atom is 0.226 e. The van der Waals surface area contributed by atoms with Crippen LogP contribution in [0.5, 0.6) is 5.75 Å². The molecule has 1 aliphatic heterocycles. The van der Waals surface area contributed by atoms with Crippen molar-refractivity contribution in [2.75, 3.05) is 26.7 Å². The molecule has 2 heterocycles. The highest BCUT2D eigenvalue weighted by atomic mass is 16.5. The van der Waals surface area contributed by atoms with Crippen LogP contribution < -0.4 is 4.74 Å². The van der Waals surface area contributed by atoms with Crippen LogP contribution in [-0.4, -0.2) is 36.6 Å². The summed E-state index contributed by atoms with van der Waals surface area (Å²) in [4.78, 5) is 7.27. The van der Waals surface area contributed by atoms with Gasteiger partial charge in [-0.15, -0.1) is 0 Å². The van der Waals surface area contributed by atoms with E-state index in [4.69, 9.17) is 14.1 Å². The van der Waals surface area contributed by atoms with Crippen molar-refractivity contribution in [1.29, 1.82) is 0 Å². The maximum atomic E-state index is 5.95. The van der Waals surface area contributed by atoms with Crippen molar-refractivity contribution in [2.24, 2.45) is 0 Å². The third kappa shape index (κ3) is 4.06. The van der Waals surface area contributed by atoms with E-state index in [1.807, 2.05) is 19.1 Å². The Morgan fingerprint density at radius 1 is 0.926 bits per heavy atom. The van der Waals surface area contributed by atoms with Crippen molar-refractivity contribution in [3.63, 3.8) is 0 Å². The molecular weight excluding hydrogens is 336 g/mol. The lowest BCUT2D eigenvalue weighted by atomic mass is 10.0. The fraction of sp³-hybridized carbons (Fsp3) is 0.348. The number of likely N-dealkylation sites (tertiary alicyclic amines) is 1. The summed E-state index contributed by atoms with van der Waals surface area (Å²) in [6.07, 6.45) is 3.60. The molecule has 140 valence electrons. The van der Waals surface area contributed by atoms with Gasteiger partial charge in [-0.1, -0.05) is 24.3 Å². The molecule has 1 saturated heterocycles. The lowest BCUT2D eigenvalue weighted by Crippen LogP contribution is -2.22. The lowest BCUT2D eigenvalue weighted by Gasteiger charge is -2.12. The summed E-state index contributed by atoms with van der Waals surface area (Å²) in [6.45, 7) is 5.53. The predicted octanol–water partition coefficient (Wildman–Crippen LogP) is 4.96. The quantitative estimate of drug-likeness (QED) is 0.621. The molecule has 4 rings (SSSR count). The molecule has 0 spiro atoms. The Kier molecular flexibility index (Phi) is 5.26. The van der Waals surface area contributed by atoms with E-state index >= 15 is 0 Å². The summed E-state index contributed by atoms with van der Waals surface area (Å²) in [5, 5.41) is 0. The van der Waals surface area contributed by atoms with Gasteiger partial charge in [0.25, 0.3) is 0 Å². The molecular formula is C23H26N2O2. The van der Waals surface area contributed by atoms with E-state index in [9.17, 15) is 0 Å². The van der Waals surface area contributed by atoms with E-state index in [0.29, 0.717) is 5.89 Å². The molecule has 0 unspecified atom stereocenters. The number of benzene rings is 2. The minimum absolute atomic E-state index is 0.713. The minimum atomic E-state index is 0.713. The molecule has 4 heteroatoms. The fourth-order valence-corrected chi connectivity index (χ4v) is 3.64. The van der Waals surface area contributed by atoms with Crippen molar-refractivity contribution >= 4 is 0 Å². The highest BCUT2D eigenvalue weighted by Gasteiger charge is 2.15. The standard InChI is InChI=1S/C23H26N2O2/c1-17-22(13-16-25-14-3-4-15-25)24-23(27-17)20-7-5-18(6-8-20)19-9-11-21(26-2)12-10-19/h5-12H,3-4,13-16H2,1-2H3. The molecule has 1 aliphatic rings. The number of aromatic nitrogens is 1. The van der Waals surface area contributed by atoms with Crippen molar-refractivity contribution in [3.05, 3.63) is 60.0 Å². The van der Waals surface area contributed by atoms with Gasteiger partial charge in [-0.3, -0.25) is 0 Å². The zero-order valence-electron chi connectivity index (χ0n) is 16.1. The summed E-state index contributed by atoms with van der Waals surface area (Å²) < 4.78 is 11.2. The average molecular weight is 362 g/mol. The molecule has 1 aromatic heterocycles. The Bertz CT molecular complexity index is 876. The van der Waals surface area contributed by atoms with Gasteiger partial charge >= 0.3 is 0 Å². The maximum absolute atomic E-state index is 5.95. The third-order valence-corrected chi connectivity index (χ3v) is 5.31. The molecule has 0 bridgehead atoms. The molecule has 4 nitrogen and oxygen atoms in total. The second-order valence-electron chi connectivity index (χ2n) is 7.13. The predicted molar refractivity (Wildman–Crippen MR) is 108 cm³/mol. The zero-order chi connectivity index (χ0) is 18.6. The molecule has 0 aliphatic carbocycles. The first-order valence-electron chi connectivity index (χ1n) is 9.66. The summed E-state index contributed by atoms with van der Waals surface area (Å²) in [5.41, 5.74) is 4.43. The topological polar surface area (TPSA) is 38.5 Å². The molecule has 0 saturated carbocycles. The van der Waals surface area contributed by atoms with Crippen LogP contribution in [0.3, 0.4) is 0 Å². The van der Waals surface area contributed by atoms with Crippen LogP contribution in [0.2, 0.25) is 0 Å². The average Bonchev–Trinajstić information content (AvgIpc) is 3.36. The van der Waals surface area contributed by atoms with Crippen LogP contribution in [-0.2, 0) is 6.42 Å². The first kappa shape index (κ1) is 17.8. The molecule has 2 aromatic carbocycles. The monoisotopic (exact) mass is 362 g/mol. The van der Waals surface area contributed by atoms with Crippen LogP contribution in [0, 0.1) is 6.92 Å². The fourth-order valence-electron chi connectivity index (χ4n) is 3.64. The number of aryl methyl sites for hydroxylation is 1. The number of oxazole rings is 1. The number of hydrogen-bond acceptors (Lipinski definition) is 4. The van der Waals surface area contributed by atoms with E-state index in [1.165, 1.54) is 31.5 Å². The molecule has 0 amide bonds. The summed E-state index contributed by atoms with van der Waals surface area (Å²) in [5.74, 6) is 2.51. The highest BCUT2D eigenvalue weighted by Crippen LogP contribution is 2.27. The second-order valence-corrected chi connectivity index (χ2v) is 7.13. The normalized spacial score (nSPS) is 14.6. The Morgan fingerprint density at radius 2 is 1.52 bits per heavy atom. The Hall–Kier alpha value is -2.59. The van der Waals surface area contributed by atoms with E-state index < -0.39 is 0 Å². The van der Waals surface area contributed by atoms with Crippen molar-refractivity contribution < 1.29 is 9.15 Å². The third-order valence-electron chi connectivity index (χ3n) is 5.31. The van der Waals surface area contributed by atoms with Crippen LogP contribution in [0.15, 0.2) is 52.9 Å². The zero-order valence-corrected chi connectivity index (χ0v) is 16.1. The van der Waals surface area contributed by atoms with Gasteiger partial charge in [0.05, 0.1) is 12.8 Å². The van der Waals surface area contributed by atoms with Gasteiger partial charge in [0.2, 0.25) is 5.89 Å². The number of nitrogens with zero attached hydrogens (tertiary/aromatic N) is 2. The Balaban J connectivity index is 1.47. The van der Waals surface area contributed by atoms with Gasteiger partial charge in [-0.2, -0.15) is 0 Å². The Labute approximate surface area is 160 Å². The van der Waals surface area contributed by atoms with E-state index in [2.05, 4.69) is 41.3 Å². The van der Waals surface area contributed by atoms with Gasteiger partial charge in [0.15, 0.2) is 0 Å². The van der Waals surface area contributed by atoms with E-state index in [-0.39, 0.29) is 0 Å². The molecule has 3 aromatic rings. The molecule has 0 radical (unpaired) electrons. The minimum Gasteiger partial charge on any atom is -0.497 e. The smallest absolute Gasteiger partial charge is 0.226 e. The molecule has 1 fully saturated rings. The SMILES string of the molecule is COc1ccc(-c2ccc(-c3nc(CCN4CCCC4)c(C)o3)cc2)cc1. The number of rotatable bonds is 6. The van der Waals surface area contributed by atoms with Crippen LogP contribution in [0.25, 0.3) is 22.6 Å². The van der Waals surface area contributed by atoms with Gasteiger partial charge in [0.1, 0.15) is 11.5 Å².